The first-order chi connectivity index (χ1) is 16.6. The van der Waals surface area contributed by atoms with Gasteiger partial charge in [0.2, 0.25) is 11.0 Å². The van der Waals surface area contributed by atoms with Crippen LogP contribution in [0.2, 0.25) is 0 Å². The molecule has 2 heterocycles. The van der Waals surface area contributed by atoms with Crippen LogP contribution >= 0.6 is 23.1 Å². The molecular formula is C22H19N5O5S2. The highest BCUT2D eigenvalue weighted by Crippen LogP contribution is 2.30. The molecule has 0 atom stereocenters. The van der Waals surface area contributed by atoms with E-state index in [0.717, 1.165) is 16.9 Å². The molecule has 0 radical (unpaired) electrons. The average Bonchev–Trinajstić information content (AvgIpc) is 3.53. The molecule has 4 aromatic rings. The summed E-state index contributed by atoms with van der Waals surface area (Å²) >= 11 is 2.35. The molecule has 174 valence electrons. The van der Waals surface area contributed by atoms with Crippen LogP contribution in [0.3, 0.4) is 0 Å². The minimum absolute atomic E-state index is 0.112. The van der Waals surface area contributed by atoms with E-state index >= 15 is 0 Å². The Morgan fingerprint density at radius 2 is 1.79 bits per heavy atom. The molecule has 0 saturated heterocycles. The molecule has 0 unspecified atom stereocenters. The van der Waals surface area contributed by atoms with Crippen LogP contribution in [0, 0.1) is 0 Å². The average molecular weight is 498 g/mol. The number of carbonyl (C=O) groups excluding carboxylic acids is 2. The van der Waals surface area contributed by atoms with Gasteiger partial charge >= 0.3 is 0 Å². The molecule has 34 heavy (non-hydrogen) atoms. The van der Waals surface area contributed by atoms with Crippen LogP contribution in [0.25, 0.3) is 11.3 Å². The van der Waals surface area contributed by atoms with Crippen molar-refractivity contribution in [3.8, 4) is 22.8 Å². The molecule has 0 aliphatic heterocycles. The van der Waals surface area contributed by atoms with Gasteiger partial charge in [-0.25, -0.2) is 0 Å². The third-order valence-corrected chi connectivity index (χ3v) is 6.39. The van der Waals surface area contributed by atoms with E-state index in [1.54, 1.807) is 31.4 Å². The van der Waals surface area contributed by atoms with Crippen molar-refractivity contribution in [1.29, 1.82) is 0 Å². The maximum atomic E-state index is 12.5. The normalized spacial score (nSPS) is 10.5. The second kappa shape index (κ2) is 10.8. The van der Waals surface area contributed by atoms with Crippen LogP contribution in [0.5, 0.6) is 11.5 Å². The van der Waals surface area contributed by atoms with E-state index < -0.39 is 5.91 Å². The minimum Gasteiger partial charge on any atom is -0.493 e. The molecule has 2 aromatic heterocycles. The van der Waals surface area contributed by atoms with E-state index in [1.165, 1.54) is 18.9 Å². The molecule has 4 rings (SSSR count). The first-order valence-corrected chi connectivity index (χ1v) is 11.7. The summed E-state index contributed by atoms with van der Waals surface area (Å²) in [5.41, 5.74) is 1.52. The zero-order valence-electron chi connectivity index (χ0n) is 18.1. The number of hydrogen-bond acceptors (Lipinski definition) is 10. The van der Waals surface area contributed by atoms with E-state index in [2.05, 4.69) is 26.0 Å². The number of benzene rings is 2. The van der Waals surface area contributed by atoms with Crippen LogP contribution in [-0.2, 0) is 4.79 Å². The minimum atomic E-state index is -0.468. The third kappa shape index (κ3) is 5.71. The second-order valence-corrected chi connectivity index (χ2v) is 8.88. The van der Waals surface area contributed by atoms with E-state index in [-0.39, 0.29) is 22.5 Å². The predicted molar refractivity (Wildman–Crippen MR) is 129 cm³/mol. The van der Waals surface area contributed by atoms with Gasteiger partial charge in [-0.2, -0.15) is 0 Å². The number of nitrogens with zero attached hydrogens (tertiary/aromatic N) is 3. The Hall–Kier alpha value is -3.90. The van der Waals surface area contributed by atoms with Crippen LogP contribution in [0.1, 0.15) is 10.5 Å². The molecular weight excluding hydrogens is 478 g/mol. The van der Waals surface area contributed by atoms with Crippen molar-refractivity contribution >= 4 is 45.7 Å². The fraction of sp³-hybridized carbons (Fsp3) is 0.136. The lowest BCUT2D eigenvalue weighted by Crippen LogP contribution is -2.14. The first-order valence-electron chi connectivity index (χ1n) is 9.87. The number of ether oxygens (including phenoxy) is 2. The van der Waals surface area contributed by atoms with Gasteiger partial charge < -0.3 is 19.3 Å². The second-order valence-electron chi connectivity index (χ2n) is 6.68. The lowest BCUT2D eigenvalue weighted by molar-refractivity contribution is -0.113. The van der Waals surface area contributed by atoms with Gasteiger partial charge in [0.25, 0.3) is 5.91 Å². The maximum Gasteiger partial charge on any atom is 0.279 e. The lowest BCUT2D eigenvalue weighted by Gasteiger charge is -2.10. The van der Waals surface area contributed by atoms with Crippen LogP contribution in [-0.4, -0.2) is 47.1 Å². The van der Waals surface area contributed by atoms with Gasteiger partial charge in [0.1, 0.15) is 0 Å². The summed E-state index contributed by atoms with van der Waals surface area (Å²) in [6.07, 6.45) is 0. The van der Waals surface area contributed by atoms with E-state index in [1.807, 2.05) is 30.3 Å². The van der Waals surface area contributed by atoms with Gasteiger partial charge in [0.05, 0.1) is 20.0 Å². The molecule has 2 N–H and O–H groups in total. The summed E-state index contributed by atoms with van der Waals surface area (Å²) in [5, 5.41) is 17.5. The number of thioether (sulfide) groups is 1. The number of methoxy groups -OCH3 is 2. The Morgan fingerprint density at radius 1 is 1.00 bits per heavy atom. The van der Waals surface area contributed by atoms with Crippen molar-refractivity contribution in [2.75, 3.05) is 30.6 Å². The molecule has 0 fully saturated rings. The first kappa shape index (κ1) is 23.3. The van der Waals surface area contributed by atoms with Crippen molar-refractivity contribution in [3.05, 3.63) is 60.3 Å². The number of carbonyl (C=O) groups is 2. The van der Waals surface area contributed by atoms with Gasteiger partial charge in [0.15, 0.2) is 27.3 Å². The van der Waals surface area contributed by atoms with Crippen molar-refractivity contribution < 1.29 is 23.6 Å². The standard InChI is InChI=1S/C22H19N5O5S2/c1-30-16-9-8-14(10-18(16)31-2)23-19(28)12-33-22-26-25-21(34-22)24-20(29)15-11-17(32-27-15)13-6-4-3-5-7-13/h3-11H,12H2,1-2H3,(H,23,28)(H,24,25,29). The molecule has 10 nitrogen and oxygen atoms in total. The van der Waals surface area contributed by atoms with Crippen molar-refractivity contribution in [3.63, 3.8) is 0 Å². The molecule has 0 aliphatic rings. The largest absolute Gasteiger partial charge is 0.493 e. The fourth-order valence-electron chi connectivity index (χ4n) is 2.84. The summed E-state index contributed by atoms with van der Waals surface area (Å²) in [6.45, 7) is 0. The highest BCUT2D eigenvalue weighted by Gasteiger charge is 2.16. The van der Waals surface area contributed by atoms with Crippen molar-refractivity contribution in [2.45, 2.75) is 4.34 Å². The summed E-state index contributed by atoms with van der Waals surface area (Å²) in [5.74, 6) is 0.986. The molecule has 0 bridgehead atoms. The van der Waals surface area contributed by atoms with Crippen molar-refractivity contribution in [1.82, 2.24) is 15.4 Å². The van der Waals surface area contributed by atoms with Gasteiger partial charge in [0, 0.05) is 23.4 Å². The van der Waals surface area contributed by atoms with Crippen molar-refractivity contribution in [2.24, 2.45) is 0 Å². The van der Waals surface area contributed by atoms with Gasteiger partial charge in [-0.15, -0.1) is 10.2 Å². The van der Waals surface area contributed by atoms with Crippen LogP contribution in [0.15, 0.2) is 63.5 Å². The Bertz CT molecular complexity index is 1290. The highest BCUT2D eigenvalue weighted by molar-refractivity contribution is 8.01. The number of rotatable bonds is 9. The zero-order chi connectivity index (χ0) is 23.9. The summed E-state index contributed by atoms with van der Waals surface area (Å²) < 4.78 is 16.2. The number of nitrogens with one attached hydrogen (secondary N) is 2. The van der Waals surface area contributed by atoms with Crippen LogP contribution < -0.4 is 20.1 Å². The Balaban J connectivity index is 1.29. The predicted octanol–water partition coefficient (Wildman–Crippen LogP) is 4.19. The highest BCUT2D eigenvalue weighted by atomic mass is 32.2. The zero-order valence-corrected chi connectivity index (χ0v) is 19.7. The molecule has 2 amide bonds. The smallest absolute Gasteiger partial charge is 0.279 e. The van der Waals surface area contributed by atoms with E-state index in [0.29, 0.717) is 27.3 Å². The Kier molecular flexibility index (Phi) is 7.40. The monoisotopic (exact) mass is 497 g/mol. The van der Waals surface area contributed by atoms with E-state index in [4.69, 9.17) is 14.0 Å². The number of amides is 2. The Morgan fingerprint density at radius 3 is 2.56 bits per heavy atom. The van der Waals surface area contributed by atoms with Gasteiger partial charge in [-0.1, -0.05) is 58.6 Å². The van der Waals surface area contributed by atoms with Gasteiger partial charge in [-0.05, 0) is 12.1 Å². The third-order valence-electron chi connectivity index (χ3n) is 4.42. The fourth-order valence-corrected chi connectivity index (χ4v) is 4.39. The van der Waals surface area contributed by atoms with E-state index in [9.17, 15) is 9.59 Å². The lowest BCUT2D eigenvalue weighted by atomic mass is 10.1. The SMILES string of the molecule is COc1ccc(NC(=O)CSc2nnc(NC(=O)c3cc(-c4ccccc4)on3)s2)cc1OC. The molecule has 0 spiro atoms. The molecule has 2 aromatic carbocycles. The van der Waals surface area contributed by atoms with Gasteiger partial charge in [-0.3, -0.25) is 14.9 Å². The number of anilines is 2. The number of aromatic nitrogens is 3. The maximum absolute atomic E-state index is 12.5. The molecule has 0 aliphatic carbocycles. The topological polar surface area (TPSA) is 128 Å². The molecule has 12 heteroatoms. The molecule has 0 saturated carbocycles. The summed E-state index contributed by atoms with van der Waals surface area (Å²) in [6, 6.07) is 16.0. The number of hydrogen-bond donors (Lipinski definition) is 2. The quantitative estimate of drug-likeness (QED) is 0.258. The Labute approximate surface area is 202 Å². The van der Waals surface area contributed by atoms with Crippen LogP contribution in [0.4, 0.5) is 10.8 Å². The summed E-state index contributed by atoms with van der Waals surface area (Å²) in [4.78, 5) is 24.7. The summed E-state index contributed by atoms with van der Waals surface area (Å²) in [7, 11) is 3.06.